The van der Waals surface area contributed by atoms with E-state index in [0.29, 0.717) is 17.8 Å². The van der Waals surface area contributed by atoms with Gasteiger partial charge in [0.1, 0.15) is 0 Å². The van der Waals surface area contributed by atoms with E-state index in [0.717, 1.165) is 25.0 Å². The Hall–Kier alpha value is -0.600. The molecule has 3 aliphatic rings. The molecule has 0 aromatic carbocycles. The summed E-state index contributed by atoms with van der Waals surface area (Å²) in [7, 11) is 3.88. The van der Waals surface area contributed by atoms with Gasteiger partial charge in [-0.25, -0.2) is 0 Å². The minimum Gasteiger partial charge on any atom is -0.384 e. The molecule has 0 N–H and O–H groups in total. The van der Waals surface area contributed by atoms with Crippen LogP contribution in [0.2, 0.25) is 0 Å². The molecule has 0 radical (unpaired) electrons. The molecular formula is C38H68O2. The van der Waals surface area contributed by atoms with Crippen molar-refractivity contribution < 1.29 is 9.47 Å². The molecule has 0 bridgehead atoms. The molecule has 2 nitrogen and oxygen atoms in total. The number of ether oxygens (including phenoxy) is 2. The molecule has 2 heteroatoms. The Kier molecular flexibility index (Phi) is 16.6. The van der Waals surface area contributed by atoms with Crippen LogP contribution in [0.4, 0.5) is 0 Å². The van der Waals surface area contributed by atoms with E-state index in [1.54, 1.807) is 5.57 Å². The van der Waals surface area contributed by atoms with E-state index < -0.39 is 0 Å². The van der Waals surface area contributed by atoms with Gasteiger partial charge in [-0.3, -0.25) is 0 Å². The van der Waals surface area contributed by atoms with Gasteiger partial charge >= 0.3 is 0 Å². The highest BCUT2D eigenvalue weighted by Gasteiger charge is 2.49. The molecule has 3 rings (SSSR count). The van der Waals surface area contributed by atoms with Gasteiger partial charge < -0.3 is 9.47 Å². The minimum absolute atomic E-state index is 0.263. The van der Waals surface area contributed by atoms with E-state index in [1.807, 2.05) is 14.2 Å². The molecular weight excluding hydrogens is 488 g/mol. The summed E-state index contributed by atoms with van der Waals surface area (Å²) >= 11 is 0. The Balaban J connectivity index is 2.07. The van der Waals surface area contributed by atoms with Gasteiger partial charge in [-0.1, -0.05) is 134 Å². The highest BCUT2D eigenvalue weighted by atomic mass is 16.5. The largest absolute Gasteiger partial charge is 0.384 e. The van der Waals surface area contributed by atoms with Crippen molar-refractivity contribution >= 4 is 0 Å². The average Bonchev–Trinajstić information content (AvgIpc) is 2.94. The van der Waals surface area contributed by atoms with Gasteiger partial charge in [0, 0.05) is 26.7 Å². The smallest absolute Gasteiger partial charge is 0.0527 e. The Labute approximate surface area is 250 Å². The molecule has 6 unspecified atom stereocenters. The number of hydrogen-bond acceptors (Lipinski definition) is 2. The lowest BCUT2D eigenvalue weighted by Gasteiger charge is -2.52. The van der Waals surface area contributed by atoms with Gasteiger partial charge in [-0.05, 0) is 74.0 Å². The maximum atomic E-state index is 6.03. The molecule has 6 atom stereocenters. The van der Waals surface area contributed by atoms with E-state index in [1.165, 1.54) is 141 Å². The number of methoxy groups -OCH3 is 2. The number of hydrogen-bond donors (Lipinski definition) is 0. The molecule has 1 spiro atoms. The van der Waals surface area contributed by atoms with Crippen LogP contribution < -0.4 is 0 Å². The lowest BCUT2D eigenvalue weighted by atomic mass is 9.52. The first kappa shape index (κ1) is 33.9. The first-order valence-corrected chi connectivity index (χ1v) is 18.1. The molecule has 0 saturated heterocycles. The summed E-state index contributed by atoms with van der Waals surface area (Å²) in [5, 5.41) is 0. The van der Waals surface area contributed by atoms with E-state index in [9.17, 15) is 0 Å². The van der Waals surface area contributed by atoms with Gasteiger partial charge in [-0.2, -0.15) is 0 Å². The summed E-state index contributed by atoms with van der Waals surface area (Å²) in [5.41, 5.74) is 2.03. The molecule has 0 amide bonds. The first-order valence-electron chi connectivity index (χ1n) is 18.1. The predicted octanol–water partition coefficient (Wildman–Crippen LogP) is 11.5. The van der Waals surface area contributed by atoms with Gasteiger partial charge in [-0.15, -0.1) is 0 Å². The van der Waals surface area contributed by atoms with Crippen molar-refractivity contribution in [3.63, 3.8) is 0 Å². The van der Waals surface area contributed by atoms with Crippen molar-refractivity contribution in [1.29, 1.82) is 0 Å². The fourth-order valence-corrected chi connectivity index (χ4v) is 8.87. The maximum absolute atomic E-state index is 6.03. The standard InChI is InChI=1S/C38H68O2/c1-5-7-9-15-21-32-26-28-38(27-20-14-13-18-24-35(38)31-40-4)37(36(32)25-19-10-8-6-2)29-33-22-16-11-12-17-23-34(33)30-39-3/h26,28-29,32,34-37H,5-25,27,30-31H2,1-4H3/b33-29-. The molecule has 40 heavy (non-hydrogen) atoms. The summed E-state index contributed by atoms with van der Waals surface area (Å²) in [6.07, 6.45) is 38.8. The molecule has 0 heterocycles. The molecule has 3 aliphatic carbocycles. The number of unbranched alkanes of at least 4 members (excludes halogenated alkanes) is 6. The van der Waals surface area contributed by atoms with Crippen LogP contribution >= 0.6 is 0 Å². The van der Waals surface area contributed by atoms with Gasteiger partial charge in [0.05, 0.1) is 6.61 Å². The second-order valence-corrected chi connectivity index (χ2v) is 14.0. The summed E-state index contributed by atoms with van der Waals surface area (Å²) in [6, 6.07) is 0. The van der Waals surface area contributed by atoms with Gasteiger partial charge in [0.15, 0.2) is 0 Å². The van der Waals surface area contributed by atoms with Crippen LogP contribution in [0.25, 0.3) is 0 Å². The van der Waals surface area contributed by atoms with Crippen LogP contribution in [-0.4, -0.2) is 27.4 Å². The monoisotopic (exact) mass is 557 g/mol. The highest BCUT2D eigenvalue weighted by Crippen LogP contribution is 2.56. The van der Waals surface area contributed by atoms with Crippen LogP contribution in [0.1, 0.15) is 155 Å². The zero-order valence-corrected chi connectivity index (χ0v) is 27.4. The summed E-state index contributed by atoms with van der Waals surface area (Å²) in [4.78, 5) is 0. The average molecular weight is 557 g/mol. The molecule has 0 aromatic heterocycles. The zero-order valence-electron chi connectivity index (χ0n) is 27.4. The topological polar surface area (TPSA) is 18.5 Å². The normalized spacial score (nSPS) is 33.0. The summed E-state index contributed by atoms with van der Waals surface area (Å²) in [6.45, 7) is 6.54. The van der Waals surface area contributed by atoms with Crippen molar-refractivity contribution in [2.75, 3.05) is 27.4 Å². The molecule has 232 valence electrons. The van der Waals surface area contributed by atoms with Crippen molar-refractivity contribution in [3.8, 4) is 0 Å². The third-order valence-corrected chi connectivity index (χ3v) is 11.2. The van der Waals surface area contributed by atoms with Crippen molar-refractivity contribution in [3.05, 3.63) is 23.8 Å². The van der Waals surface area contributed by atoms with Crippen molar-refractivity contribution in [2.45, 2.75) is 155 Å². The van der Waals surface area contributed by atoms with Crippen molar-refractivity contribution in [2.24, 2.45) is 35.0 Å². The van der Waals surface area contributed by atoms with Gasteiger partial charge in [0.2, 0.25) is 0 Å². The zero-order chi connectivity index (χ0) is 28.5. The van der Waals surface area contributed by atoms with Crippen LogP contribution in [0.15, 0.2) is 23.8 Å². The van der Waals surface area contributed by atoms with Crippen LogP contribution in [0, 0.1) is 35.0 Å². The fraction of sp³-hybridized carbons (Fsp3) is 0.895. The highest BCUT2D eigenvalue weighted by molar-refractivity contribution is 5.23. The third-order valence-electron chi connectivity index (χ3n) is 11.2. The van der Waals surface area contributed by atoms with E-state index in [4.69, 9.17) is 9.47 Å². The second kappa shape index (κ2) is 19.6. The Bertz CT molecular complexity index is 710. The van der Waals surface area contributed by atoms with Crippen LogP contribution in [-0.2, 0) is 9.47 Å². The lowest BCUT2D eigenvalue weighted by molar-refractivity contribution is 0.00418. The molecule has 2 saturated carbocycles. The second-order valence-electron chi connectivity index (χ2n) is 14.0. The molecule has 2 fully saturated rings. The minimum atomic E-state index is 0.263. The fourth-order valence-electron chi connectivity index (χ4n) is 8.87. The number of allylic oxidation sites excluding steroid dienone is 3. The predicted molar refractivity (Wildman–Crippen MR) is 174 cm³/mol. The SMILES string of the molecule is CCCCCCC1C=CC2(CCCCCCC2COC)C(/C=C2/CCCCCCC2COC)C1CCCCCC. The van der Waals surface area contributed by atoms with E-state index in [2.05, 4.69) is 32.1 Å². The summed E-state index contributed by atoms with van der Waals surface area (Å²) in [5.74, 6) is 3.44. The third kappa shape index (κ3) is 10.00. The van der Waals surface area contributed by atoms with E-state index >= 15 is 0 Å². The van der Waals surface area contributed by atoms with E-state index in [-0.39, 0.29) is 5.41 Å². The number of rotatable bonds is 15. The van der Waals surface area contributed by atoms with Crippen LogP contribution in [0.3, 0.4) is 0 Å². The maximum Gasteiger partial charge on any atom is 0.0527 e. The Morgan fingerprint density at radius 1 is 0.750 bits per heavy atom. The van der Waals surface area contributed by atoms with Gasteiger partial charge in [0.25, 0.3) is 0 Å². The molecule has 0 aliphatic heterocycles. The van der Waals surface area contributed by atoms with Crippen molar-refractivity contribution in [1.82, 2.24) is 0 Å². The van der Waals surface area contributed by atoms with Crippen LogP contribution in [0.5, 0.6) is 0 Å². The first-order chi connectivity index (χ1) is 19.7. The quantitative estimate of drug-likeness (QED) is 0.147. The molecule has 0 aromatic rings. The summed E-state index contributed by atoms with van der Waals surface area (Å²) < 4.78 is 11.9. The lowest BCUT2D eigenvalue weighted by Crippen LogP contribution is -2.46. The Morgan fingerprint density at radius 3 is 2.15 bits per heavy atom. The Morgan fingerprint density at radius 2 is 1.43 bits per heavy atom.